The second-order valence-corrected chi connectivity index (χ2v) is 6.85. The van der Waals surface area contributed by atoms with Crippen LogP contribution in [0.4, 0.5) is 5.69 Å². The summed E-state index contributed by atoms with van der Waals surface area (Å²) in [6.45, 7) is 1.33. The summed E-state index contributed by atoms with van der Waals surface area (Å²) in [5, 5.41) is 5.11. The Bertz CT molecular complexity index is 945. The molecule has 0 aliphatic carbocycles. The molecule has 0 saturated heterocycles. The number of hydrogen-bond donors (Lipinski definition) is 1. The van der Waals surface area contributed by atoms with Gasteiger partial charge in [-0.25, -0.2) is 4.98 Å². The molecule has 0 radical (unpaired) electrons. The van der Waals surface area contributed by atoms with Gasteiger partial charge in [-0.1, -0.05) is 11.6 Å². The molecule has 1 amide bonds. The molecule has 3 aromatic rings. The summed E-state index contributed by atoms with van der Waals surface area (Å²) >= 11 is 7.75. The van der Waals surface area contributed by atoms with Crippen LogP contribution in [-0.2, 0) is 6.61 Å². The Labute approximate surface area is 164 Å². The lowest BCUT2D eigenvalue weighted by Crippen LogP contribution is -2.17. The molecule has 138 valence electrons. The third-order valence-corrected chi connectivity index (χ3v) is 4.81. The van der Waals surface area contributed by atoms with Crippen LogP contribution in [0.15, 0.2) is 47.3 Å². The van der Waals surface area contributed by atoms with Crippen molar-refractivity contribution < 1.29 is 19.0 Å². The lowest BCUT2D eigenvalue weighted by atomic mass is 10.2. The molecule has 1 aliphatic heterocycles. The van der Waals surface area contributed by atoms with Gasteiger partial charge in [0.15, 0.2) is 11.5 Å². The Balaban J connectivity index is 1.42. The minimum absolute atomic E-state index is 0.278. The van der Waals surface area contributed by atoms with Gasteiger partial charge in [0.05, 0.1) is 21.9 Å². The average molecular weight is 403 g/mol. The Morgan fingerprint density at radius 2 is 1.93 bits per heavy atom. The van der Waals surface area contributed by atoms with Gasteiger partial charge in [0.1, 0.15) is 25.6 Å². The maximum Gasteiger partial charge on any atom is 0.255 e. The number of rotatable bonds is 5. The van der Waals surface area contributed by atoms with Crippen LogP contribution < -0.4 is 19.5 Å². The van der Waals surface area contributed by atoms with Gasteiger partial charge >= 0.3 is 0 Å². The van der Waals surface area contributed by atoms with E-state index in [1.807, 2.05) is 5.38 Å². The van der Waals surface area contributed by atoms with E-state index in [2.05, 4.69) is 10.3 Å². The molecule has 27 heavy (non-hydrogen) atoms. The maximum atomic E-state index is 12.5. The van der Waals surface area contributed by atoms with E-state index in [1.165, 1.54) is 11.3 Å². The molecule has 0 spiro atoms. The maximum absolute atomic E-state index is 12.5. The number of fused-ring (bicyclic) bond motifs is 1. The Morgan fingerprint density at radius 3 is 2.63 bits per heavy atom. The standard InChI is InChI=1S/C19H15ClN2O4S/c20-15-7-17-18(25-6-5-24-17)8-16(15)22-19(23)12-1-3-14(4-2-12)26-9-13-10-27-11-21-13/h1-4,7-8,10-11H,5-6,9H2,(H,22,23). The number of ether oxygens (including phenoxy) is 3. The molecule has 1 aliphatic rings. The number of aromatic nitrogens is 1. The summed E-state index contributed by atoms with van der Waals surface area (Å²) in [5.74, 6) is 1.52. The number of nitrogens with zero attached hydrogens (tertiary/aromatic N) is 1. The van der Waals surface area contributed by atoms with Gasteiger partial charge < -0.3 is 19.5 Å². The highest BCUT2D eigenvalue weighted by atomic mass is 35.5. The zero-order valence-electron chi connectivity index (χ0n) is 14.1. The van der Waals surface area contributed by atoms with Crippen molar-refractivity contribution in [1.29, 1.82) is 0 Å². The van der Waals surface area contributed by atoms with Crippen LogP contribution in [0.2, 0.25) is 5.02 Å². The topological polar surface area (TPSA) is 69.7 Å². The molecule has 8 heteroatoms. The number of benzene rings is 2. The smallest absolute Gasteiger partial charge is 0.255 e. The SMILES string of the molecule is O=C(Nc1cc2c(cc1Cl)OCCO2)c1ccc(OCc2cscn2)cc1. The highest BCUT2D eigenvalue weighted by molar-refractivity contribution is 7.07. The van der Waals surface area contributed by atoms with Crippen LogP contribution in [-0.4, -0.2) is 24.1 Å². The lowest BCUT2D eigenvalue weighted by Gasteiger charge is -2.20. The van der Waals surface area contributed by atoms with Crippen molar-refractivity contribution in [3.05, 3.63) is 63.6 Å². The van der Waals surface area contributed by atoms with Gasteiger partial charge in [0.2, 0.25) is 0 Å². The first-order valence-electron chi connectivity index (χ1n) is 8.19. The van der Waals surface area contributed by atoms with Crippen LogP contribution in [0.1, 0.15) is 16.1 Å². The van der Waals surface area contributed by atoms with Crippen LogP contribution >= 0.6 is 22.9 Å². The number of amides is 1. The molecule has 0 atom stereocenters. The first-order chi connectivity index (χ1) is 13.2. The molecule has 2 heterocycles. The number of carbonyl (C=O) groups is 1. The van der Waals surface area contributed by atoms with Crippen molar-refractivity contribution in [1.82, 2.24) is 4.98 Å². The second kappa shape index (κ2) is 7.85. The number of thiazole rings is 1. The number of carbonyl (C=O) groups excluding carboxylic acids is 1. The molecule has 1 aromatic heterocycles. The molecular formula is C19H15ClN2O4S. The van der Waals surface area contributed by atoms with Crippen LogP contribution in [0.25, 0.3) is 0 Å². The fourth-order valence-corrected chi connectivity index (χ4v) is 3.27. The van der Waals surface area contributed by atoms with Crippen LogP contribution in [0.5, 0.6) is 17.2 Å². The third-order valence-electron chi connectivity index (χ3n) is 3.87. The predicted molar refractivity (Wildman–Crippen MR) is 103 cm³/mol. The van der Waals surface area contributed by atoms with Crippen LogP contribution in [0.3, 0.4) is 0 Å². The predicted octanol–water partition coefficient (Wildman–Crippen LogP) is 4.40. The average Bonchev–Trinajstić information content (AvgIpc) is 3.21. The summed E-state index contributed by atoms with van der Waals surface area (Å²) < 4.78 is 16.6. The molecule has 0 unspecified atom stereocenters. The zero-order valence-corrected chi connectivity index (χ0v) is 15.7. The fourth-order valence-electron chi connectivity index (χ4n) is 2.52. The van der Waals surface area contributed by atoms with E-state index in [0.717, 1.165) is 5.69 Å². The van der Waals surface area contributed by atoms with Gasteiger partial charge in [-0.2, -0.15) is 0 Å². The molecule has 0 saturated carbocycles. The Hall–Kier alpha value is -2.77. The number of halogens is 1. The van der Waals surface area contributed by atoms with Crippen LogP contribution in [0, 0.1) is 0 Å². The number of hydrogen-bond acceptors (Lipinski definition) is 6. The van der Waals surface area contributed by atoms with Crippen molar-refractivity contribution in [2.75, 3.05) is 18.5 Å². The fraction of sp³-hybridized carbons (Fsp3) is 0.158. The molecule has 6 nitrogen and oxygen atoms in total. The highest BCUT2D eigenvalue weighted by Gasteiger charge is 2.17. The first-order valence-corrected chi connectivity index (χ1v) is 9.51. The number of nitrogens with one attached hydrogen (secondary N) is 1. The van der Waals surface area contributed by atoms with E-state index >= 15 is 0 Å². The monoisotopic (exact) mass is 402 g/mol. The summed E-state index contributed by atoms with van der Waals surface area (Å²) in [4.78, 5) is 16.7. The van der Waals surface area contributed by atoms with E-state index in [0.29, 0.717) is 53.3 Å². The van der Waals surface area contributed by atoms with Gasteiger partial charge in [-0.15, -0.1) is 11.3 Å². The van der Waals surface area contributed by atoms with Gasteiger partial charge in [-0.3, -0.25) is 4.79 Å². The molecule has 4 rings (SSSR count). The van der Waals surface area contributed by atoms with E-state index in [1.54, 1.807) is 41.9 Å². The van der Waals surface area contributed by atoms with E-state index in [4.69, 9.17) is 25.8 Å². The van der Waals surface area contributed by atoms with Crippen molar-refractivity contribution in [2.45, 2.75) is 6.61 Å². The van der Waals surface area contributed by atoms with E-state index in [-0.39, 0.29) is 5.91 Å². The van der Waals surface area contributed by atoms with Crippen molar-refractivity contribution in [2.24, 2.45) is 0 Å². The Morgan fingerprint density at radius 1 is 1.19 bits per heavy atom. The highest BCUT2D eigenvalue weighted by Crippen LogP contribution is 2.38. The minimum Gasteiger partial charge on any atom is -0.487 e. The lowest BCUT2D eigenvalue weighted by molar-refractivity contribution is 0.102. The van der Waals surface area contributed by atoms with Crippen molar-refractivity contribution in [3.63, 3.8) is 0 Å². The summed E-state index contributed by atoms with van der Waals surface area (Å²) in [5.41, 5.74) is 3.58. The van der Waals surface area contributed by atoms with E-state index in [9.17, 15) is 4.79 Å². The number of anilines is 1. The van der Waals surface area contributed by atoms with Gasteiger partial charge in [0.25, 0.3) is 5.91 Å². The molecule has 0 bridgehead atoms. The van der Waals surface area contributed by atoms with Crippen molar-refractivity contribution >= 4 is 34.5 Å². The third kappa shape index (κ3) is 4.15. The largest absolute Gasteiger partial charge is 0.487 e. The molecule has 0 fully saturated rings. The summed E-state index contributed by atoms with van der Waals surface area (Å²) in [7, 11) is 0. The van der Waals surface area contributed by atoms with Gasteiger partial charge in [-0.05, 0) is 24.3 Å². The molecular weight excluding hydrogens is 388 g/mol. The minimum atomic E-state index is -0.278. The molecule has 2 aromatic carbocycles. The van der Waals surface area contributed by atoms with Gasteiger partial charge in [0, 0.05) is 23.1 Å². The van der Waals surface area contributed by atoms with E-state index < -0.39 is 0 Å². The quantitative estimate of drug-likeness (QED) is 0.685. The first kappa shape index (κ1) is 17.6. The Kier molecular flexibility index (Phi) is 5.13. The van der Waals surface area contributed by atoms with Crippen molar-refractivity contribution in [3.8, 4) is 17.2 Å². The summed E-state index contributed by atoms with van der Waals surface area (Å²) in [6, 6.07) is 10.2. The normalized spacial score (nSPS) is 12.5. The summed E-state index contributed by atoms with van der Waals surface area (Å²) in [6.07, 6.45) is 0. The second-order valence-electron chi connectivity index (χ2n) is 5.72. The molecule has 1 N–H and O–H groups in total. The zero-order chi connectivity index (χ0) is 18.6.